The molecule has 0 saturated carbocycles. The third-order valence-electron chi connectivity index (χ3n) is 4.23. The van der Waals surface area contributed by atoms with Gasteiger partial charge in [0.15, 0.2) is 5.69 Å². The van der Waals surface area contributed by atoms with Gasteiger partial charge in [0.05, 0.1) is 19.4 Å². The monoisotopic (exact) mass is 392 g/mol. The van der Waals surface area contributed by atoms with Gasteiger partial charge in [0.2, 0.25) is 0 Å². The van der Waals surface area contributed by atoms with Crippen molar-refractivity contribution in [3.05, 3.63) is 71.9 Å². The van der Waals surface area contributed by atoms with E-state index in [4.69, 9.17) is 9.47 Å². The lowest BCUT2D eigenvalue weighted by molar-refractivity contribution is 0.102. The smallest absolute Gasteiger partial charge is 0.276 e. The molecule has 0 aliphatic rings. The second-order valence-electron chi connectivity index (χ2n) is 6.18. The number of hydrogen-bond donors (Lipinski definition) is 2. The Morgan fingerprint density at radius 3 is 2.45 bits per heavy atom. The van der Waals surface area contributed by atoms with Crippen LogP contribution in [0.3, 0.4) is 0 Å². The molecule has 0 aliphatic heterocycles. The number of hydrogen-bond acceptors (Lipinski definition) is 6. The molecule has 0 saturated heterocycles. The lowest BCUT2D eigenvalue weighted by Gasteiger charge is -2.11. The summed E-state index contributed by atoms with van der Waals surface area (Å²) in [5.74, 6) is 1.74. The van der Waals surface area contributed by atoms with E-state index >= 15 is 0 Å². The molecule has 7 nitrogen and oxygen atoms in total. The zero-order chi connectivity index (χ0) is 20.5. The number of nitrogens with zero attached hydrogens (tertiary/aromatic N) is 2. The highest BCUT2D eigenvalue weighted by molar-refractivity contribution is 6.03. The highest BCUT2D eigenvalue weighted by atomic mass is 16.5. The molecule has 1 amide bonds. The first-order chi connectivity index (χ1) is 14.2. The van der Waals surface area contributed by atoms with Gasteiger partial charge in [-0.3, -0.25) is 4.79 Å². The predicted molar refractivity (Wildman–Crippen MR) is 113 cm³/mol. The molecule has 0 aliphatic carbocycles. The van der Waals surface area contributed by atoms with Crippen molar-refractivity contribution < 1.29 is 14.3 Å². The molecule has 2 aromatic carbocycles. The fraction of sp³-hybridized carbons (Fsp3) is 0.227. The lowest BCUT2D eigenvalue weighted by Crippen LogP contribution is -2.16. The van der Waals surface area contributed by atoms with Crippen LogP contribution in [0, 0.1) is 0 Å². The number of aromatic nitrogens is 2. The van der Waals surface area contributed by atoms with Crippen molar-refractivity contribution in [1.82, 2.24) is 10.2 Å². The summed E-state index contributed by atoms with van der Waals surface area (Å²) >= 11 is 0. The average Bonchev–Trinajstić information content (AvgIpc) is 2.76. The number of ether oxygens (including phenoxy) is 2. The average molecular weight is 392 g/mol. The summed E-state index contributed by atoms with van der Waals surface area (Å²) in [7, 11) is 1.66. The summed E-state index contributed by atoms with van der Waals surface area (Å²) in [6.07, 6.45) is 0.780. The van der Waals surface area contributed by atoms with Gasteiger partial charge < -0.3 is 20.1 Å². The number of carbonyl (C=O) groups excluding carboxylic acids is 1. The molecule has 1 aromatic heterocycles. The Bertz CT molecular complexity index is 945. The Hall–Kier alpha value is -3.61. The molecule has 0 spiro atoms. The number of methoxy groups -OCH3 is 1. The minimum atomic E-state index is -0.342. The zero-order valence-electron chi connectivity index (χ0n) is 16.5. The second kappa shape index (κ2) is 10.1. The fourth-order valence-electron chi connectivity index (χ4n) is 2.82. The number of benzene rings is 2. The first-order valence-corrected chi connectivity index (χ1v) is 9.44. The molecule has 29 heavy (non-hydrogen) atoms. The summed E-state index contributed by atoms with van der Waals surface area (Å²) in [6, 6.07) is 18.5. The predicted octanol–water partition coefficient (Wildman–Crippen LogP) is 3.79. The van der Waals surface area contributed by atoms with Gasteiger partial charge in [-0.05, 0) is 49.2 Å². The minimum absolute atomic E-state index is 0.228. The highest BCUT2D eigenvalue weighted by Crippen LogP contribution is 2.24. The first kappa shape index (κ1) is 20.1. The van der Waals surface area contributed by atoms with Crippen LogP contribution in [-0.2, 0) is 6.42 Å². The van der Waals surface area contributed by atoms with Crippen LogP contribution in [0.15, 0.2) is 60.7 Å². The summed E-state index contributed by atoms with van der Waals surface area (Å²) in [5, 5.41) is 14.1. The molecule has 0 unspecified atom stereocenters. The molecular formula is C22H24N4O3. The molecule has 150 valence electrons. The van der Waals surface area contributed by atoms with Crippen molar-refractivity contribution in [1.29, 1.82) is 0 Å². The summed E-state index contributed by atoms with van der Waals surface area (Å²) in [4.78, 5) is 12.4. The van der Waals surface area contributed by atoms with E-state index in [9.17, 15) is 4.79 Å². The van der Waals surface area contributed by atoms with Crippen molar-refractivity contribution in [3.63, 3.8) is 0 Å². The van der Waals surface area contributed by atoms with E-state index in [-0.39, 0.29) is 11.6 Å². The highest BCUT2D eigenvalue weighted by Gasteiger charge is 2.11. The summed E-state index contributed by atoms with van der Waals surface area (Å²) in [6.45, 7) is 3.08. The second-order valence-corrected chi connectivity index (χ2v) is 6.18. The minimum Gasteiger partial charge on any atom is -0.496 e. The first-order valence-electron chi connectivity index (χ1n) is 9.44. The van der Waals surface area contributed by atoms with Gasteiger partial charge in [0.1, 0.15) is 17.3 Å². The molecule has 0 atom stereocenters. The molecule has 0 bridgehead atoms. The third kappa shape index (κ3) is 5.44. The maximum absolute atomic E-state index is 12.4. The van der Waals surface area contributed by atoms with Crippen LogP contribution in [0.4, 0.5) is 11.5 Å². The molecular weight excluding hydrogens is 368 g/mol. The Balaban J connectivity index is 1.56. The third-order valence-corrected chi connectivity index (χ3v) is 4.23. The van der Waals surface area contributed by atoms with E-state index in [1.807, 2.05) is 43.3 Å². The fourth-order valence-corrected chi connectivity index (χ4v) is 2.82. The van der Waals surface area contributed by atoms with Crippen LogP contribution < -0.4 is 20.1 Å². The van der Waals surface area contributed by atoms with Gasteiger partial charge >= 0.3 is 0 Å². The largest absolute Gasteiger partial charge is 0.496 e. The van der Waals surface area contributed by atoms with Crippen LogP contribution >= 0.6 is 0 Å². The Morgan fingerprint density at radius 2 is 1.72 bits per heavy atom. The van der Waals surface area contributed by atoms with E-state index in [0.717, 1.165) is 17.7 Å². The maximum Gasteiger partial charge on any atom is 0.276 e. The molecule has 3 rings (SSSR count). The standard InChI is InChI=1S/C22H24N4O3/c1-3-29-20-11-7-5-9-17(20)24-22(27)18-12-13-21(26-25-18)23-15-14-16-8-4-6-10-19(16)28-2/h4-13H,3,14-15H2,1-2H3,(H,23,26)(H,24,27). The van der Waals surface area contributed by atoms with Crippen molar-refractivity contribution in [2.75, 3.05) is 30.9 Å². The van der Waals surface area contributed by atoms with E-state index < -0.39 is 0 Å². The lowest BCUT2D eigenvalue weighted by atomic mass is 10.1. The van der Waals surface area contributed by atoms with Gasteiger partial charge in [-0.2, -0.15) is 0 Å². The summed E-state index contributed by atoms with van der Waals surface area (Å²) in [5.41, 5.74) is 1.94. The van der Waals surface area contributed by atoms with E-state index in [1.165, 1.54) is 0 Å². The normalized spacial score (nSPS) is 10.3. The number of amides is 1. The van der Waals surface area contributed by atoms with Gasteiger partial charge in [0, 0.05) is 6.54 Å². The maximum atomic E-state index is 12.4. The number of anilines is 2. The van der Waals surface area contributed by atoms with Gasteiger partial charge in [-0.1, -0.05) is 30.3 Å². The van der Waals surface area contributed by atoms with Crippen molar-refractivity contribution in [2.24, 2.45) is 0 Å². The quantitative estimate of drug-likeness (QED) is 0.576. The van der Waals surface area contributed by atoms with Crippen LogP contribution in [0.5, 0.6) is 11.5 Å². The van der Waals surface area contributed by atoms with E-state index in [1.54, 1.807) is 31.4 Å². The SMILES string of the molecule is CCOc1ccccc1NC(=O)c1ccc(NCCc2ccccc2OC)nn1. The molecule has 2 N–H and O–H groups in total. The van der Waals surface area contributed by atoms with Crippen LogP contribution in [-0.4, -0.2) is 36.4 Å². The van der Waals surface area contributed by atoms with Gasteiger partial charge in [0.25, 0.3) is 5.91 Å². The Kier molecular flexibility index (Phi) is 7.00. The molecule has 7 heteroatoms. The van der Waals surface area contributed by atoms with Crippen LogP contribution in [0.2, 0.25) is 0 Å². The van der Waals surface area contributed by atoms with Crippen molar-refractivity contribution in [3.8, 4) is 11.5 Å². The number of nitrogens with one attached hydrogen (secondary N) is 2. The van der Waals surface area contributed by atoms with Gasteiger partial charge in [-0.15, -0.1) is 10.2 Å². The van der Waals surface area contributed by atoms with Gasteiger partial charge in [-0.25, -0.2) is 0 Å². The van der Waals surface area contributed by atoms with E-state index in [0.29, 0.717) is 30.4 Å². The number of rotatable bonds is 9. The Morgan fingerprint density at radius 1 is 0.966 bits per heavy atom. The number of carbonyl (C=O) groups is 1. The topological polar surface area (TPSA) is 85.4 Å². The molecule has 0 radical (unpaired) electrons. The van der Waals surface area contributed by atoms with E-state index in [2.05, 4.69) is 20.8 Å². The van der Waals surface area contributed by atoms with Crippen LogP contribution in [0.1, 0.15) is 23.0 Å². The molecule has 0 fully saturated rings. The summed E-state index contributed by atoms with van der Waals surface area (Å²) < 4.78 is 10.9. The van der Waals surface area contributed by atoms with Crippen molar-refractivity contribution >= 4 is 17.4 Å². The Labute approximate surface area is 170 Å². The molecule has 1 heterocycles. The number of para-hydroxylation sites is 3. The van der Waals surface area contributed by atoms with Crippen molar-refractivity contribution in [2.45, 2.75) is 13.3 Å². The zero-order valence-corrected chi connectivity index (χ0v) is 16.5. The molecule has 3 aromatic rings. The van der Waals surface area contributed by atoms with Crippen LogP contribution in [0.25, 0.3) is 0 Å².